The van der Waals surface area contributed by atoms with Gasteiger partial charge in [0.05, 0.1) is 16.7 Å². The summed E-state index contributed by atoms with van der Waals surface area (Å²) in [5, 5.41) is 3.63. The highest BCUT2D eigenvalue weighted by Gasteiger charge is 2.22. The average Bonchev–Trinajstić information content (AvgIpc) is 3.10. The summed E-state index contributed by atoms with van der Waals surface area (Å²) in [5.41, 5.74) is 6.66. The highest BCUT2D eigenvalue weighted by molar-refractivity contribution is 14.1. The Kier molecular flexibility index (Phi) is 6.01. The Hall–Kier alpha value is -1.56. The van der Waals surface area contributed by atoms with Crippen LogP contribution in [0.5, 0.6) is 0 Å². The summed E-state index contributed by atoms with van der Waals surface area (Å²) in [4.78, 5) is 8.14. The Bertz CT molecular complexity index is 882. The molecule has 1 aromatic heterocycles. The lowest BCUT2D eigenvalue weighted by Gasteiger charge is -2.28. The molecule has 1 aliphatic rings. The fourth-order valence-corrected chi connectivity index (χ4v) is 5.11. The third kappa shape index (κ3) is 4.31. The Morgan fingerprint density at radius 1 is 1.15 bits per heavy atom. The first-order valence-electron chi connectivity index (χ1n) is 10.2. The molecule has 0 spiro atoms. The number of hydrogen-bond donors (Lipinski definition) is 2. The van der Waals surface area contributed by atoms with Crippen LogP contribution in [0.2, 0.25) is 0 Å². The van der Waals surface area contributed by atoms with Crippen molar-refractivity contribution in [1.82, 2.24) is 9.97 Å². The van der Waals surface area contributed by atoms with Gasteiger partial charge < -0.3 is 10.3 Å². The molecule has 0 saturated heterocycles. The van der Waals surface area contributed by atoms with Crippen molar-refractivity contribution in [3.8, 4) is 0 Å². The molecule has 0 unspecified atom stereocenters. The van der Waals surface area contributed by atoms with Crippen molar-refractivity contribution in [3.63, 3.8) is 0 Å². The number of anilines is 1. The molecular formula is C23H28IN3. The zero-order chi connectivity index (χ0) is 18.6. The lowest BCUT2D eigenvalue weighted by molar-refractivity contribution is 0.527. The van der Waals surface area contributed by atoms with Crippen molar-refractivity contribution < 1.29 is 0 Å². The molecule has 3 nitrogen and oxygen atoms in total. The molecule has 1 aliphatic heterocycles. The molecule has 27 heavy (non-hydrogen) atoms. The number of aromatic nitrogens is 2. The van der Waals surface area contributed by atoms with Gasteiger partial charge in [-0.1, -0.05) is 38.0 Å². The number of unbranched alkanes of at least 4 members (excludes halogenated alkanes) is 2. The Labute approximate surface area is 175 Å². The van der Waals surface area contributed by atoms with E-state index in [-0.39, 0.29) is 0 Å². The van der Waals surface area contributed by atoms with Crippen LogP contribution in [-0.2, 0) is 12.8 Å². The van der Waals surface area contributed by atoms with Crippen molar-refractivity contribution >= 4 is 39.3 Å². The largest absolute Gasteiger partial charge is 0.384 e. The Morgan fingerprint density at radius 2 is 2.04 bits per heavy atom. The van der Waals surface area contributed by atoms with Gasteiger partial charge >= 0.3 is 0 Å². The predicted octanol–water partition coefficient (Wildman–Crippen LogP) is 6.43. The molecule has 2 aromatic carbocycles. The van der Waals surface area contributed by atoms with Gasteiger partial charge in [0, 0.05) is 16.5 Å². The van der Waals surface area contributed by atoms with E-state index >= 15 is 0 Å². The zero-order valence-electron chi connectivity index (χ0n) is 16.0. The maximum Gasteiger partial charge on any atom is 0.107 e. The molecule has 0 fully saturated rings. The highest BCUT2D eigenvalue weighted by atomic mass is 127. The number of nitrogens with zero attached hydrogens (tertiary/aromatic N) is 1. The van der Waals surface area contributed by atoms with Crippen LogP contribution in [-0.4, -0.2) is 16.5 Å². The van der Waals surface area contributed by atoms with E-state index in [0.29, 0.717) is 5.92 Å². The summed E-state index contributed by atoms with van der Waals surface area (Å²) in [6.07, 6.45) is 8.53. The SMILES string of the molecule is CCc1cc(I)c2c(c1)[C@H](CCCCCc1nc3ccccc3[nH]1)CCN2. The van der Waals surface area contributed by atoms with E-state index in [0.717, 1.165) is 36.2 Å². The molecule has 142 valence electrons. The third-order valence-corrected chi connectivity index (χ3v) is 6.58. The number of fused-ring (bicyclic) bond motifs is 2. The van der Waals surface area contributed by atoms with Crippen LogP contribution in [0, 0.1) is 3.57 Å². The van der Waals surface area contributed by atoms with Gasteiger partial charge in [-0.25, -0.2) is 4.98 Å². The second-order valence-corrected chi connectivity index (χ2v) is 8.77. The molecule has 1 atom stereocenters. The van der Waals surface area contributed by atoms with Gasteiger partial charge in [-0.3, -0.25) is 0 Å². The predicted molar refractivity (Wildman–Crippen MR) is 123 cm³/mol. The number of imidazole rings is 1. The number of benzene rings is 2. The van der Waals surface area contributed by atoms with E-state index in [2.05, 4.69) is 76.2 Å². The first-order chi connectivity index (χ1) is 13.2. The molecule has 0 saturated carbocycles. The van der Waals surface area contributed by atoms with Crippen molar-refractivity contribution in [2.75, 3.05) is 11.9 Å². The first-order valence-corrected chi connectivity index (χ1v) is 11.3. The second kappa shape index (κ2) is 8.63. The maximum absolute atomic E-state index is 4.69. The molecular weight excluding hydrogens is 445 g/mol. The number of aryl methyl sites for hydroxylation is 2. The number of aromatic amines is 1. The standard InChI is InChI=1S/C23H28IN3/c1-2-16-14-18-17(12-13-25-23(18)19(24)15-16)8-4-3-5-11-22-26-20-9-6-7-10-21(20)27-22/h6-7,9-10,14-15,17,25H,2-5,8,11-13H2,1H3,(H,26,27)/t17-/m1/s1. The number of halogens is 1. The van der Waals surface area contributed by atoms with E-state index in [1.54, 1.807) is 5.56 Å². The summed E-state index contributed by atoms with van der Waals surface area (Å²) in [5.74, 6) is 1.85. The van der Waals surface area contributed by atoms with Gasteiger partial charge in [0.25, 0.3) is 0 Å². The van der Waals surface area contributed by atoms with Gasteiger partial charge in [-0.05, 0) is 83.5 Å². The van der Waals surface area contributed by atoms with Crippen molar-refractivity contribution in [3.05, 3.63) is 56.9 Å². The summed E-state index contributed by atoms with van der Waals surface area (Å²) in [7, 11) is 0. The van der Waals surface area contributed by atoms with Crippen LogP contribution in [0.4, 0.5) is 5.69 Å². The number of hydrogen-bond acceptors (Lipinski definition) is 2. The van der Waals surface area contributed by atoms with E-state index < -0.39 is 0 Å². The van der Waals surface area contributed by atoms with Gasteiger partial charge in [0.15, 0.2) is 0 Å². The minimum Gasteiger partial charge on any atom is -0.384 e. The lowest BCUT2D eigenvalue weighted by Crippen LogP contribution is -2.18. The van der Waals surface area contributed by atoms with Gasteiger partial charge in [-0.15, -0.1) is 0 Å². The molecule has 4 heteroatoms. The van der Waals surface area contributed by atoms with Gasteiger partial charge in [0.2, 0.25) is 0 Å². The normalized spacial score (nSPS) is 16.3. The number of nitrogens with one attached hydrogen (secondary N) is 2. The van der Waals surface area contributed by atoms with Crippen LogP contribution >= 0.6 is 22.6 Å². The van der Waals surface area contributed by atoms with E-state index in [1.165, 1.54) is 46.9 Å². The zero-order valence-corrected chi connectivity index (χ0v) is 18.2. The molecule has 2 N–H and O–H groups in total. The Morgan fingerprint density at radius 3 is 2.89 bits per heavy atom. The number of para-hydroxylation sites is 2. The molecule has 0 bridgehead atoms. The molecule has 2 heterocycles. The van der Waals surface area contributed by atoms with Crippen LogP contribution < -0.4 is 5.32 Å². The van der Waals surface area contributed by atoms with E-state index in [4.69, 9.17) is 4.98 Å². The molecule has 3 aromatic rings. The fraction of sp³-hybridized carbons (Fsp3) is 0.435. The van der Waals surface area contributed by atoms with Crippen molar-refractivity contribution in [1.29, 1.82) is 0 Å². The molecule has 0 amide bonds. The van der Waals surface area contributed by atoms with E-state index in [1.807, 2.05) is 0 Å². The van der Waals surface area contributed by atoms with Crippen molar-refractivity contribution in [2.45, 2.75) is 57.8 Å². The number of rotatable bonds is 7. The molecule has 4 rings (SSSR count). The quantitative estimate of drug-likeness (QED) is 0.307. The minimum absolute atomic E-state index is 0.715. The second-order valence-electron chi connectivity index (χ2n) is 7.61. The smallest absolute Gasteiger partial charge is 0.107 e. The van der Waals surface area contributed by atoms with Gasteiger partial charge in [0.1, 0.15) is 5.82 Å². The Balaban J connectivity index is 1.30. The van der Waals surface area contributed by atoms with Crippen LogP contribution in [0.25, 0.3) is 11.0 Å². The van der Waals surface area contributed by atoms with Crippen LogP contribution in [0.1, 0.15) is 61.9 Å². The minimum atomic E-state index is 0.715. The lowest BCUT2D eigenvalue weighted by atomic mass is 9.85. The summed E-state index contributed by atoms with van der Waals surface area (Å²) in [6, 6.07) is 13.1. The van der Waals surface area contributed by atoms with Crippen molar-refractivity contribution in [2.24, 2.45) is 0 Å². The topological polar surface area (TPSA) is 40.7 Å². The molecule has 0 aliphatic carbocycles. The summed E-state index contributed by atoms with van der Waals surface area (Å²) in [6.45, 7) is 3.36. The maximum atomic E-state index is 4.69. The fourth-order valence-electron chi connectivity index (χ4n) is 4.21. The van der Waals surface area contributed by atoms with Crippen LogP contribution in [0.3, 0.4) is 0 Å². The summed E-state index contributed by atoms with van der Waals surface area (Å²) < 4.78 is 1.39. The average molecular weight is 473 g/mol. The third-order valence-electron chi connectivity index (χ3n) is 5.73. The number of H-pyrrole nitrogens is 1. The first kappa shape index (κ1) is 18.8. The van der Waals surface area contributed by atoms with Gasteiger partial charge in [-0.2, -0.15) is 0 Å². The van der Waals surface area contributed by atoms with Crippen LogP contribution in [0.15, 0.2) is 36.4 Å². The highest BCUT2D eigenvalue weighted by Crippen LogP contribution is 2.38. The summed E-state index contributed by atoms with van der Waals surface area (Å²) >= 11 is 2.49. The van der Waals surface area contributed by atoms with E-state index in [9.17, 15) is 0 Å². The molecule has 0 radical (unpaired) electrons. The monoisotopic (exact) mass is 473 g/mol.